The molecule has 0 unspecified atom stereocenters. The number of carbonyl (C=O) groups is 1. The lowest BCUT2D eigenvalue weighted by Gasteiger charge is -2.34. The van der Waals surface area contributed by atoms with Crippen LogP contribution in [0.2, 0.25) is 0 Å². The SMILES string of the molecule is C[C@@H]1CN(CC(=O)NCCc2ccc(S(N)(=O)=O)cc2)C[C@@H](C)O1. The van der Waals surface area contributed by atoms with E-state index >= 15 is 0 Å². The smallest absolute Gasteiger partial charge is 0.238 e. The molecule has 0 spiro atoms. The second-order valence-corrected chi connectivity index (χ2v) is 7.80. The van der Waals surface area contributed by atoms with E-state index in [-0.39, 0.29) is 23.0 Å². The maximum atomic E-state index is 12.0. The fraction of sp³-hybridized carbons (Fsp3) is 0.562. The molecule has 1 amide bonds. The minimum atomic E-state index is -3.66. The summed E-state index contributed by atoms with van der Waals surface area (Å²) in [4.78, 5) is 14.2. The zero-order valence-electron chi connectivity index (χ0n) is 14.1. The Labute approximate surface area is 143 Å². The normalized spacial score (nSPS) is 22.3. The van der Waals surface area contributed by atoms with E-state index in [1.807, 2.05) is 13.8 Å². The van der Waals surface area contributed by atoms with Gasteiger partial charge in [-0.3, -0.25) is 9.69 Å². The number of ether oxygens (including phenoxy) is 1. The minimum Gasteiger partial charge on any atom is -0.373 e. The molecule has 0 bridgehead atoms. The van der Waals surface area contributed by atoms with Crippen LogP contribution in [0.25, 0.3) is 0 Å². The van der Waals surface area contributed by atoms with Gasteiger partial charge in [-0.15, -0.1) is 0 Å². The van der Waals surface area contributed by atoms with Gasteiger partial charge in [0.25, 0.3) is 0 Å². The molecular weight excluding hydrogens is 330 g/mol. The van der Waals surface area contributed by atoms with Crippen molar-refractivity contribution in [2.24, 2.45) is 5.14 Å². The summed E-state index contributed by atoms with van der Waals surface area (Å²) in [5, 5.41) is 7.95. The maximum Gasteiger partial charge on any atom is 0.238 e. The van der Waals surface area contributed by atoms with E-state index in [9.17, 15) is 13.2 Å². The van der Waals surface area contributed by atoms with E-state index in [1.54, 1.807) is 12.1 Å². The van der Waals surface area contributed by atoms with E-state index in [2.05, 4.69) is 10.2 Å². The van der Waals surface area contributed by atoms with Crippen molar-refractivity contribution in [2.45, 2.75) is 37.4 Å². The number of nitrogens with zero attached hydrogens (tertiary/aromatic N) is 1. The van der Waals surface area contributed by atoms with E-state index in [0.717, 1.165) is 18.7 Å². The molecule has 8 heteroatoms. The van der Waals surface area contributed by atoms with Gasteiger partial charge in [-0.05, 0) is 38.0 Å². The Morgan fingerprint density at radius 1 is 1.25 bits per heavy atom. The van der Waals surface area contributed by atoms with Crippen LogP contribution in [0.1, 0.15) is 19.4 Å². The highest BCUT2D eigenvalue weighted by Crippen LogP contribution is 2.10. The highest BCUT2D eigenvalue weighted by Gasteiger charge is 2.23. The summed E-state index contributed by atoms with van der Waals surface area (Å²) in [6.07, 6.45) is 0.907. The molecule has 0 radical (unpaired) electrons. The lowest BCUT2D eigenvalue weighted by atomic mass is 10.1. The Balaban J connectivity index is 1.74. The Kier molecular flexibility index (Phi) is 6.34. The number of hydrogen-bond acceptors (Lipinski definition) is 5. The Bertz CT molecular complexity index is 650. The Morgan fingerprint density at radius 2 is 1.83 bits per heavy atom. The molecule has 0 aromatic heterocycles. The van der Waals surface area contributed by atoms with Gasteiger partial charge in [0.15, 0.2) is 0 Å². The third-order valence-electron chi connectivity index (χ3n) is 3.85. The van der Waals surface area contributed by atoms with Crippen LogP contribution in [0.3, 0.4) is 0 Å². The minimum absolute atomic E-state index is 0.0162. The zero-order chi connectivity index (χ0) is 17.7. The van der Waals surface area contributed by atoms with Gasteiger partial charge in [0, 0.05) is 19.6 Å². The number of hydrogen-bond donors (Lipinski definition) is 2. The number of morpholine rings is 1. The molecule has 1 fully saturated rings. The van der Waals surface area contributed by atoms with Gasteiger partial charge in [0.2, 0.25) is 15.9 Å². The van der Waals surface area contributed by atoms with Crippen molar-refractivity contribution in [3.05, 3.63) is 29.8 Å². The van der Waals surface area contributed by atoms with Crippen LogP contribution < -0.4 is 10.5 Å². The van der Waals surface area contributed by atoms with Gasteiger partial charge >= 0.3 is 0 Å². The van der Waals surface area contributed by atoms with Crippen LogP contribution in [-0.4, -0.2) is 57.6 Å². The van der Waals surface area contributed by atoms with Gasteiger partial charge in [-0.25, -0.2) is 13.6 Å². The molecule has 134 valence electrons. The van der Waals surface area contributed by atoms with Crippen LogP contribution in [0, 0.1) is 0 Å². The summed E-state index contributed by atoms with van der Waals surface area (Å²) >= 11 is 0. The molecule has 3 N–H and O–H groups in total. The van der Waals surface area contributed by atoms with E-state index < -0.39 is 10.0 Å². The van der Waals surface area contributed by atoms with Crippen LogP contribution in [0.5, 0.6) is 0 Å². The molecule has 1 saturated heterocycles. The Morgan fingerprint density at radius 3 is 2.38 bits per heavy atom. The second-order valence-electron chi connectivity index (χ2n) is 6.24. The van der Waals surface area contributed by atoms with Crippen molar-refractivity contribution >= 4 is 15.9 Å². The number of nitrogens with one attached hydrogen (secondary N) is 1. The first kappa shape index (κ1) is 18.9. The molecular formula is C16H25N3O4S. The number of benzene rings is 1. The van der Waals surface area contributed by atoms with Crippen LogP contribution in [-0.2, 0) is 26.0 Å². The van der Waals surface area contributed by atoms with Crippen molar-refractivity contribution in [1.29, 1.82) is 0 Å². The lowest BCUT2D eigenvalue weighted by molar-refractivity contribution is -0.125. The Hall–Kier alpha value is -1.48. The monoisotopic (exact) mass is 355 g/mol. The molecule has 1 heterocycles. The van der Waals surface area contributed by atoms with E-state index in [4.69, 9.17) is 9.88 Å². The average Bonchev–Trinajstić information content (AvgIpc) is 2.45. The van der Waals surface area contributed by atoms with Crippen molar-refractivity contribution in [1.82, 2.24) is 10.2 Å². The van der Waals surface area contributed by atoms with E-state index in [1.165, 1.54) is 12.1 Å². The lowest BCUT2D eigenvalue weighted by Crippen LogP contribution is -2.49. The van der Waals surface area contributed by atoms with Gasteiger partial charge in [-0.2, -0.15) is 0 Å². The largest absolute Gasteiger partial charge is 0.373 e. The molecule has 1 aromatic carbocycles. The quantitative estimate of drug-likeness (QED) is 0.754. The summed E-state index contributed by atoms with van der Waals surface area (Å²) in [7, 11) is -3.66. The average molecular weight is 355 g/mol. The highest BCUT2D eigenvalue weighted by atomic mass is 32.2. The molecule has 1 aliphatic heterocycles. The third-order valence-corrected chi connectivity index (χ3v) is 4.78. The second kappa shape index (κ2) is 8.06. The van der Waals surface area contributed by atoms with Gasteiger partial charge < -0.3 is 10.1 Å². The molecule has 0 aliphatic carbocycles. The summed E-state index contributed by atoms with van der Waals surface area (Å²) in [5.74, 6) is -0.0162. The van der Waals surface area contributed by atoms with Gasteiger partial charge in [0.1, 0.15) is 0 Å². The molecule has 24 heavy (non-hydrogen) atoms. The summed E-state index contributed by atoms with van der Waals surface area (Å²) < 4.78 is 28.0. The van der Waals surface area contributed by atoms with Crippen molar-refractivity contribution in [2.75, 3.05) is 26.2 Å². The predicted molar refractivity (Wildman–Crippen MR) is 91.0 cm³/mol. The fourth-order valence-electron chi connectivity index (χ4n) is 2.86. The molecule has 1 aromatic rings. The number of nitrogens with two attached hydrogens (primary N) is 1. The first-order valence-corrected chi connectivity index (χ1v) is 9.55. The maximum absolute atomic E-state index is 12.0. The fourth-order valence-corrected chi connectivity index (χ4v) is 3.38. The number of carbonyl (C=O) groups excluding carboxylic acids is 1. The standard InChI is InChI=1S/C16H25N3O4S/c1-12-9-19(10-13(2)23-12)11-16(20)18-8-7-14-3-5-15(6-4-14)24(17,21)22/h3-6,12-13H,7-11H2,1-2H3,(H,18,20)(H2,17,21,22)/t12-,13-/m1/s1. The van der Waals surface area contributed by atoms with Crippen LogP contribution in [0.4, 0.5) is 0 Å². The highest BCUT2D eigenvalue weighted by molar-refractivity contribution is 7.89. The number of rotatable bonds is 6. The molecule has 0 saturated carbocycles. The van der Waals surface area contributed by atoms with Gasteiger partial charge in [0.05, 0.1) is 23.6 Å². The first-order chi connectivity index (χ1) is 11.2. The number of amides is 1. The van der Waals surface area contributed by atoms with Crippen molar-refractivity contribution in [3.8, 4) is 0 Å². The summed E-state index contributed by atoms with van der Waals surface area (Å²) in [5.41, 5.74) is 0.941. The summed E-state index contributed by atoms with van der Waals surface area (Å²) in [6, 6.07) is 6.36. The van der Waals surface area contributed by atoms with Gasteiger partial charge in [-0.1, -0.05) is 12.1 Å². The first-order valence-electron chi connectivity index (χ1n) is 8.00. The third kappa shape index (κ3) is 5.86. The van der Waals surface area contributed by atoms with Crippen LogP contribution in [0.15, 0.2) is 29.2 Å². The van der Waals surface area contributed by atoms with Crippen molar-refractivity contribution < 1.29 is 17.9 Å². The topological polar surface area (TPSA) is 102 Å². The zero-order valence-corrected chi connectivity index (χ0v) is 14.9. The molecule has 1 aliphatic rings. The summed E-state index contributed by atoms with van der Waals surface area (Å²) in [6.45, 7) is 6.39. The number of primary sulfonamides is 1. The predicted octanol–water partition coefficient (Wildman–Crippen LogP) is 0.102. The van der Waals surface area contributed by atoms with Crippen LogP contribution >= 0.6 is 0 Å². The molecule has 7 nitrogen and oxygen atoms in total. The van der Waals surface area contributed by atoms with Crippen molar-refractivity contribution in [3.63, 3.8) is 0 Å². The molecule has 2 atom stereocenters. The molecule has 2 rings (SSSR count). The van der Waals surface area contributed by atoms with E-state index in [0.29, 0.717) is 19.5 Å². The number of sulfonamides is 1.